The van der Waals surface area contributed by atoms with Crippen LogP contribution in [0, 0.1) is 0 Å². The summed E-state index contributed by atoms with van der Waals surface area (Å²) in [6.07, 6.45) is 5.22. The summed E-state index contributed by atoms with van der Waals surface area (Å²) in [7, 11) is 0. The number of benzene rings is 2. The quantitative estimate of drug-likeness (QED) is 0.622. The highest BCUT2D eigenvalue weighted by Gasteiger charge is 2.11. The number of rotatable bonds is 10. The van der Waals surface area contributed by atoms with Gasteiger partial charge in [-0.1, -0.05) is 51.0 Å². The maximum Gasteiger partial charge on any atom is 0.103 e. The molecule has 0 saturated carbocycles. The van der Waals surface area contributed by atoms with E-state index in [1.807, 2.05) is 0 Å². The third kappa shape index (κ3) is 7.09. The Morgan fingerprint density at radius 2 is 1.35 bits per heavy atom. The number of hydrogen-bond acceptors (Lipinski definition) is 1. The first-order valence-electron chi connectivity index (χ1n) is 10.4. The first-order valence-corrected chi connectivity index (χ1v) is 10.4. The summed E-state index contributed by atoms with van der Waals surface area (Å²) in [6.45, 7) is 15.3. The molecule has 0 radical (unpaired) electrons. The normalized spacial score (nSPS) is 12.2. The van der Waals surface area contributed by atoms with Crippen LogP contribution < -0.4 is 4.90 Å². The molecule has 0 atom stereocenters. The monoisotopic (exact) mass is 356 g/mol. The van der Waals surface area contributed by atoms with Gasteiger partial charge in [-0.2, -0.15) is 0 Å². The largest absolute Gasteiger partial charge is 0.371 e. The topological polar surface area (TPSA) is 13.7 Å². The van der Waals surface area contributed by atoms with Crippen molar-refractivity contribution in [3.63, 3.8) is 0 Å². The first kappa shape index (κ1) is 20.9. The maximum atomic E-state index is 5.91. The van der Waals surface area contributed by atoms with Crippen LogP contribution in [0.1, 0.15) is 71.4 Å². The smallest absolute Gasteiger partial charge is 0.103 e. The van der Waals surface area contributed by atoms with Crippen LogP contribution in [0.3, 0.4) is 0 Å². The van der Waals surface area contributed by atoms with E-state index in [4.69, 9.17) is 4.74 Å². The number of hydrogen-bond donors (Lipinski definition) is 1. The highest BCUT2D eigenvalue weighted by molar-refractivity contribution is 5.83. The Bertz CT molecular complexity index is 663. The van der Waals surface area contributed by atoms with Gasteiger partial charge >= 0.3 is 0 Å². The molecule has 0 aliphatic heterocycles. The molecule has 1 N–H and O–H groups in total. The second kappa shape index (κ2) is 10.1. The van der Waals surface area contributed by atoms with E-state index in [1.165, 1.54) is 60.7 Å². The molecule has 144 valence electrons. The third-order valence-electron chi connectivity index (χ3n) is 4.86. The van der Waals surface area contributed by atoms with E-state index < -0.39 is 0 Å². The molecule has 0 aliphatic rings. The van der Waals surface area contributed by atoms with Crippen LogP contribution in [0.25, 0.3) is 10.8 Å². The Hall–Kier alpha value is -1.38. The summed E-state index contributed by atoms with van der Waals surface area (Å²) >= 11 is 0. The Morgan fingerprint density at radius 3 is 1.88 bits per heavy atom. The van der Waals surface area contributed by atoms with E-state index in [1.54, 1.807) is 4.90 Å². The van der Waals surface area contributed by atoms with Gasteiger partial charge in [-0.3, -0.25) is 0 Å². The Labute approximate surface area is 160 Å². The Kier molecular flexibility index (Phi) is 8.12. The lowest BCUT2D eigenvalue weighted by Crippen LogP contribution is -3.10. The number of fused-ring (bicyclic) bond motifs is 1. The van der Waals surface area contributed by atoms with Crippen LogP contribution in [0.5, 0.6) is 0 Å². The molecule has 0 amide bonds. The average Bonchev–Trinajstić information content (AvgIpc) is 2.61. The molecule has 2 heteroatoms. The minimum Gasteiger partial charge on any atom is -0.371 e. The molecule has 0 saturated heterocycles. The van der Waals surface area contributed by atoms with Crippen molar-refractivity contribution in [3.8, 4) is 0 Å². The molecule has 2 aromatic rings. The fourth-order valence-electron chi connectivity index (χ4n) is 3.29. The molecule has 0 heterocycles. The summed E-state index contributed by atoms with van der Waals surface area (Å²) in [5.74, 6) is 0. The van der Waals surface area contributed by atoms with E-state index >= 15 is 0 Å². The zero-order valence-electron chi connectivity index (χ0n) is 17.5. The summed E-state index contributed by atoms with van der Waals surface area (Å²) in [5, 5.41) is 2.65. The Morgan fingerprint density at radius 1 is 0.808 bits per heavy atom. The molecule has 26 heavy (non-hydrogen) atoms. The van der Waals surface area contributed by atoms with Crippen LogP contribution >= 0.6 is 0 Å². The van der Waals surface area contributed by atoms with Gasteiger partial charge in [-0.15, -0.1) is 0 Å². The summed E-state index contributed by atoms with van der Waals surface area (Å²) < 4.78 is 5.91. The molecule has 2 nitrogen and oxygen atoms in total. The van der Waals surface area contributed by atoms with Crippen molar-refractivity contribution in [2.45, 2.75) is 79.1 Å². The number of nitrogens with one attached hydrogen (secondary N) is 1. The minimum absolute atomic E-state index is 0.0952. The Balaban J connectivity index is 2.07. The van der Waals surface area contributed by atoms with Crippen molar-refractivity contribution in [1.82, 2.24) is 0 Å². The van der Waals surface area contributed by atoms with Crippen molar-refractivity contribution in [2.75, 3.05) is 13.1 Å². The summed E-state index contributed by atoms with van der Waals surface area (Å²) in [6, 6.07) is 13.7. The summed E-state index contributed by atoms with van der Waals surface area (Å²) in [5.41, 5.74) is 2.61. The van der Waals surface area contributed by atoms with Crippen LogP contribution in [0.2, 0.25) is 0 Å². The fraction of sp³-hybridized carbons (Fsp3) is 0.583. The zero-order valence-corrected chi connectivity index (χ0v) is 17.5. The van der Waals surface area contributed by atoms with Gasteiger partial charge in [0.2, 0.25) is 0 Å². The van der Waals surface area contributed by atoms with Crippen LogP contribution in [-0.2, 0) is 17.9 Å². The fourth-order valence-corrected chi connectivity index (χ4v) is 3.29. The van der Waals surface area contributed by atoms with Crippen LogP contribution in [-0.4, -0.2) is 18.7 Å². The highest BCUT2D eigenvalue weighted by Crippen LogP contribution is 2.20. The van der Waals surface area contributed by atoms with E-state index in [0.29, 0.717) is 6.61 Å². The molecular formula is C24H38NO+. The average molecular weight is 357 g/mol. The van der Waals surface area contributed by atoms with Crippen molar-refractivity contribution < 1.29 is 9.64 Å². The van der Waals surface area contributed by atoms with Gasteiger partial charge < -0.3 is 9.64 Å². The van der Waals surface area contributed by atoms with E-state index in [-0.39, 0.29) is 5.60 Å². The standard InChI is InChI=1S/C24H37NO/c1-6-8-14-25(15-9-7-2)18-20-10-12-23-17-21(11-13-22(23)16-20)19-26-24(3,4)5/h10-13,16-17H,6-9,14-15,18-19H2,1-5H3/p+1. The lowest BCUT2D eigenvalue weighted by atomic mass is 10.0. The molecule has 0 aromatic heterocycles. The van der Waals surface area contributed by atoms with Gasteiger partial charge in [-0.25, -0.2) is 0 Å². The molecule has 0 unspecified atom stereocenters. The molecule has 2 rings (SSSR count). The zero-order chi connectivity index (χ0) is 19.0. The number of unbranched alkanes of at least 4 members (excludes halogenated alkanes) is 2. The number of ether oxygens (including phenoxy) is 1. The van der Waals surface area contributed by atoms with Gasteiger partial charge in [0.15, 0.2) is 0 Å². The predicted molar refractivity (Wildman–Crippen MR) is 113 cm³/mol. The second-order valence-corrected chi connectivity index (χ2v) is 8.55. The molecular weight excluding hydrogens is 318 g/mol. The predicted octanol–water partition coefficient (Wildman–Crippen LogP) is 5.14. The van der Waals surface area contributed by atoms with Gasteiger partial charge in [-0.05, 0) is 62.1 Å². The minimum atomic E-state index is -0.0952. The number of quaternary nitrogens is 1. The molecule has 0 bridgehead atoms. The maximum absolute atomic E-state index is 5.91. The van der Waals surface area contributed by atoms with Gasteiger partial charge in [0.05, 0.1) is 25.3 Å². The third-order valence-corrected chi connectivity index (χ3v) is 4.86. The van der Waals surface area contributed by atoms with Crippen molar-refractivity contribution in [1.29, 1.82) is 0 Å². The van der Waals surface area contributed by atoms with Crippen molar-refractivity contribution in [3.05, 3.63) is 47.5 Å². The first-order chi connectivity index (χ1) is 12.4. The van der Waals surface area contributed by atoms with Crippen LogP contribution in [0.15, 0.2) is 36.4 Å². The molecule has 0 fully saturated rings. The van der Waals surface area contributed by atoms with E-state index in [2.05, 4.69) is 71.0 Å². The lowest BCUT2D eigenvalue weighted by Gasteiger charge is -2.20. The van der Waals surface area contributed by atoms with E-state index in [0.717, 1.165) is 6.54 Å². The van der Waals surface area contributed by atoms with Crippen molar-refractivity contribution in [2.24, 2.45) is 0 Å². The molecule has 0 spiro atoms. The van der Waals surface area contributed by atoms with Gasteiger partial charge in [0.1, 0.15) is 6.54 Å². The molecule has 0 aliphatic carbocycles. The van der Waals surface area contributed by atoms with Gasteiger partial charge in [0.25, 0.3) is 0 Å². The summed E-state index contributed by atoms with van der Waals surface area (Å²) in [4.78, 5) is 1.73. The van der Waals surface area contributed by atoms with Crippen LogP contribution in [0.4, 0.5) is 0 Å². The van der Waals surface area contributed by atoms with Crippen molar-refractivity contribution >= 4 is 10.8 Å². The highest BCUT2D eigenvalue weighted by atomic mass is 16.5. The SMILES string of the molecule is CCCC[NH+](CCCC)Cc1ccc2cc(COC(C)(C)C)ccc2c1. The molecule has 2 aromatic carbocycles. The van der Waals surface area contributed by atoms with E-state index in [9.17, 15) is 0 Å². The second-order valence-electron chi connectivity index (χ2n) is 8.55. The van der Waals surface area contributed by atoms with Gasteiger partial charge in [0, 0.05) is 5.56 Å². The lowest BCUT2D eigenvalue weighted by molar-refractivity contribution is -0.914.